The fraction of sp³-hybridized carbons (Fsp3) is 0.294. The van der Waals surface area contributed by atoms with Gasteiger partial charge in [-0.25, -0.2) is 9.78 Å². The molecule has 0 spiro atoms. The Morgan fingerprint density at radius 2 is 2.21 bits per heavy atom. The highest BCUT2D eigenvalue weighted by atomic mass is 79.9. The largest absolute Gasteiger partial charge is 0.461 e. The first kappa shape index (κ1) is 16.6. The Morgan fingerprint density at radius 3 is 2.92 bits per heavy atom. The van der Waals surface area contributed by atoms with Crippen molar-refractivity contribution in [2.45, 2.75) is 19.9 Å². The average Bonchev–Trinajstić information content (AvgIpc) is 2.82. The van der Waals surface area contributed by atoms with Crippen LogP contribution in [0.15, 0.2) is 40.4 Å². The number of aromatic nitrogens is 1. The van der Waals surface area contributed by atoms with Crippen molar-refractivity contribution in [2.24, 2.45) is 5.92 Å². The standard InChI is InChI=1S/C17H15BrN2O4/c1-2-24-17(23)14-13(18)8-7-10(19-14)9-20-15(21)11-5-3-4-6-12(11)16(20)22/h3-5,7-8,12H,2,6,9H2,1H3. The number of amides is 2. The number of halogens is 1. The number of carbonyl (C=O) groups is 3. The summed E-state index contributed by atoms with van der Waals surface area (Å²) >= 11 is 3.26. The first-order chi connectivity index (χ1) is 11.5. The molecule has 2 heterocycles. The Hall–Kier alpha value is -2.28. The van der Waals surface area contributed by atoms with Crippen LogP contribution in [0.4, 0.5) is 0 Å². The molecule has 1 fully saturated rings. The topological polar surface area (TPSA) is 76.6 Å². The van der Waals surface area contributed by atoms with Gasteiger partial charge in [-0.1, -0.05) is 18.2 Å². The van der Waals surface area contributed by atoms with Crippen molar-refractivity contribution >= 4 is 33.7 Å². The number of hydrogen-bond donors (Lipinski definition) is 0. The van der Waals surface area contributed by atoms with E-state index in [4.69, 9.17) is 4.74 Å². The van der Waals surface area contributed by atoms with E-state index in [9.17, 15) is 14.4 Å². The lowest BCUT2D eigenvalue weighted by Gasteiger charge is -2.14. The minimum absolute atomic E-state index is 0.0329. The summed E-state index contributed by atoms with van der Waals surface area (Å²) in [5.41, 5.74) is 1.10. The molecule has 1 aliphatic carbocycles. The summed E-state index contributed by atoms with van der Waals surface area (Å²) in [6.07, 6.45) is 5.89. The van der Waals surface area contributed by atoms with Crippen molar-refractivity contribution in [3.05, 3.63) is 51.8 Å². The molecular weight excluding hydrogens is 376 g/mol. The van der Waals surface area contributed by atoms with Crippen LogP contribution in [0.3, 0.4) is 0 Å². The Labute approximate surface area is 147 Å². The van der Waals surface area contributed by atoms with Gasteiger partial charge in [-0.05, 0) is 41.4 Å². The zero-order valence-corrected chi connectivity index (χ0v) is 14.6. The number of imide groups is 1. The first-order valence-electron chi connectivity index (χ1n) is 7.58. The van der Waals surface area contributed by atoms with Gasteiger partial charge in [0.1, 0.15) is 0 Å². The van der Waals surface area contributed by atoms with E-state index in [0.717, 1.165) is 0 Å². The van der Waals surface area contributed by atoms with Crippen LogP contribution >= 0.6 is 15.9 Å². The van der Waals surface area contributed by atoms with E-state index in [-0.39, 0.29) is 30.7 Å². The van der Waals surface area contributed by atoms with E-state index in [1.54, 1.807) is 31.2 Å². The van der Waals surface area contributed by atoms with Gasteiger partial charge in [0, 0.05) is 5.57 Å². The van der Waals surface area contributed by atoms with Gasteiger partial charge >= 0.3 is 5.97 Å². The van der Waals surface area contributed by atoms with Crippen LogP contribution in [-0.4, -0.2) is 34.3 Å². The maximum atomic E-state index is 12.4. The third kappa shape index (κ3) is 2.91. The van der Waals surface area contributed by atoms with Crippen LogP contribution in [0.25, 0.3) is 0 Å². The molecule has 3 rings (SSSR count). The van der Waals surface area contributed by atoms with Crippen molar-refractivity contribution in [3.8, 4) is 0 Å². The zero-order chi connectivity index (χ0) is 17.3. The number of allylic oxidation sites excluding steroid dienone is 3. The fourth-order valence-corrected chi connectivity index (χ4v) is 3.14. The van der Waals surface area contributed by atoms with Gasteiger partial charge in [0.05, 0.1) is 29.2 Å². The predicted molar refractivity (Wildman–Crippen MR) is 88.8 cm³/mol. The van der Waals surface area contributed by atoms with Crippen LogP contribution in [0, 0.1) is 5.92 Å². The van der Waals surface area contributed by atoms with Crippen molar-refractivity contribution in [1.29, 1.82) is 0 Å². The molecule has 124 valence electrons. The van der Waals surface area contributed by atoms with E-state index in [1.807, 2.05) is 6.08 Å². The number of likely N-dealkylation sites (tertiary alicyclic amines) is 1. The summed E-state index contributed by atoms with van der Waals surface area (Å²) in [6, 6.07) is 3.33. The minimum atomic E-state index is -0.550. The summed E-state index contributed by atoms with van der Waals surface area (Å²) in [5.74, 6) is -1.47. The molecule has 2 amide bonds. The van der Waals surface area contributed by atoms with Gasteiger partial charge in [0.2, 0.25) is 5.91 Å². The predicted octanol–water partition coefficient (Wildman–Crippen LogP) is 2.39. The van der Waals surface area contributed by atoms with Crippen LogP contribution in [0.5, 0.6) is 0 Å². The molecule has 1 aromatic rings. The van der Waals surface area contributed by atoms with Gasteiger partial charge in [0.25, 0.3) is 5.91 Å². The smallest absolute Gasteiger partial charge is 0.358 e. The van der Waals surface area contributed by atoms with Crippen LogP contribution in [0.2, 0.25) is 0 Å². The number of pyridine rings is 1. The minimum Gasteiger partial charge on any atom is -0.461 e. The molecule has 1 aromatic heterocycles. The molecule has 1 unspecified atom stereocenters. The fourth-order valence-electron chi connectivity index (χ4n) is 2.75. The van der Waals surface area contributed by atoms with E-state index in [2.05, 4.69) is 20.9 Å². The number of nitrogens with zero attached hydrogens (tertiary/aromatic N) is 2. The summed E-state index contributed by atoms with van der Waals surface area (Å²) in [7, 11) is 0. The lowest BCUT2D eigenvalue weighted by Crippen LogP contribution is -2.30. The summed E-state index contributed by atoms with van der Waals surface area (Å²) in [5, 5.41) is 0. The highest BCUT2D eigenvalue weighted by molar-refractivity contribution is 9.10. The second kappa shape index (κ2) is 6.68. The number of carbonyl (C=O) groups excluding carboxylic acids is 3. The third-order valence-electron chi connectivity index (χ3n) is 3.91. The van der Waals surface area contributed by atoms with Gasteiger partial charge < -0.3 is 4.74 Å². The third-order valence-corrected chi connectivity index (χ3v) is 4.55. The second-order valence-electron chi connectivity index (χ2n) is 5.42. The van der Waals surface area contributed by atoms with Gasteiger partial charge in [-0.3, -0.25) is 14.5 Å². The molecule has 0 bridgehead atoms. The first-order valence-corrected chi connectivity index (χ1v) is 8.37. The second-order valence-corrected chi connectivity index (χ2v) is 6.28. The molecule has 1 saturated heterocycles. The summed E-state index contributed by atoms with van der Waals surface area (Å²) in [4.78, 5) is 42.2. The van der Waals surface area contributed by atoms with Crippen LogP contribution in [0.1, 0.15) is 29.5 Å². The Bertz CT molecular complexity index is 785. The highest BCUT2D eigenvalue weighted by Gasteiger charge is 2.43. The number of ether oxygens (including phenoxy) is 1. The molecule has 0 radical (unpaired) electrons. The maximum Gasteiger partial charge on any atom is 0.358 e. The molecule has 1 atom stereocenters. The lowest BCUT2D eigenvalue weighted by atomic mass is 9.94. The van der Waals surface area contributed by atoms with Crippen molar-refractivity contribution in [3.63, 3.8) is 0 Å². The van der Waals surface area contributed by atoms with Gasteiger partial charge in [-0.2, -0.15) is 0 Å². The van der Waals surface area contributed by atoms with E-state index >= 15 is 0 Å². The normalized spacial score (nSPS) is 19.3. The Balaban J connectivity index is 1.84. The quantitative estimate of drug-likeness (QED) is 0.582. The Kier molecular flexibility index (Phi) is 4.62. The van der Waals surface area contributed by atoms with E-state index in [1.165, 1.54) is 4.90 Å². The number of esters is 1. The molecule has 6 nitrogen and oxygen atoms in total. The monoisotopic (exact) mass is 390 g/mol. The number of hydrogen-bond acceptors (Lipinski definition) is 5. The van der Waals surface area contributed by atoms with Gasteiger partial charge in [0.15, 0.2) is 5.69 Å². The zero-order valence-electron chi connectivity index (χ0n) is 13.0. The highest BCUT2D eigenvalue weighted by Crippen LogP contribution is 2.32. The molecule has 0 N–H and O–H groups in total. The molecule has 7 heteroatoms. The van der Waals surface area contributed by atoms with Crippen LogP contribution in [-0.2, 0) is 20.9 Å². The SMILES string of the molecule is CCOC(=O)c1nc(CN2C(=O)C3=CC=CCC3C2=O)ccc1Br. The molecule has 24 heavy (non-hydrogen) atoms. The van der Waals surface area contributed by atoms with Crippen molar-refractivity contribution in [1.82, 2.24) is 9.88 Å². The van der Waals surface area contributed by atoms with Crippen LogP contribution < -0.4 is 0 Å². The van der Waals surface area contributed by atoms with Crippen molar-refractivity contribution < 1.29 is 19.1 Å². The number of rotatable bonds is 4. The van der Waals surface area contributed by atoms with E-state index in [0.29, 0.717) is 22.2 Å². The Morgan fingerprint density at radius 1 is 1.42 bits per heavy atom. The summed E-state index contributed by atoms with van der Waals surface area (Å²) < 4.78 is 5.46. The van der Waals surface area contributed by atoms with Gasteiger partial charge in [-0.15, -0.1) is 0 Å². The molecular formula is C17H15BrN2O4. The molecule has 0 saturated carbocycles. The van der Waals surface area contributed by atoms with E-state index < -0.39 is 11.9 Å². The molecule has 1 aliphatic heterocycles. The average molecular weight is 391 g/mol. The lowest BCUT2D eigenvalue weighted by molar-refractivity contribution is -0.139. The molecule has 2 aliphatic rings. The summed E-state index contributed by atoms with van der Waals surface area (Å²) in [6.45, 7) is 1.98. The van der Waals surface area contributed by atoms with Crippen molar-refractivity contribution in [2.75, 3.05) is 6.61 Å². The molecule has 0 aromatic carbocycles. The maximum absolute atomic E-state index is 12.4. The number of fused-ring (bicyclic) bond motifs is 1.